The van der Waals surface area contributed by atoms with Gasteiger partial charge in [0, 0.05) is 23.7 Å². The quantitative estimate of drug-likeness (QED) is 0.385. The van der Waals surface area contributed by atoms with E-state index in [2.05, 4.69) is 0 Å². The molecule has 0 aliphatic rings. The maximum Gasteiger partial charge on any atom is 0.186 e. The monoisotopic (exact) mass is 143 g/mol. The second kappa shape index (κ2) is 4.71. The summed E-state index contributed by atoms with van der Waals surface area (Å²) in [6.07, 6.45) is 0. The molecule has 0 spiro atoms. The topological polar surface area (TPSA) is 37.3 Å². The number of rotatable bonds is 0. The van der Waals surface area contributed by atoms with Crippen LogP contribution in [0.5, 0.6) is 0 Å². The Morgan fingerprint density at radius 3 is 1.80 bits per heavy atom. The average Bonchev–Trinajstić information content (AvgIpc) is 0.811. The van der Waals surface area contributed by atoms with E-state index in [4.69, 9.17) is 4.89 Å². The molecule has 0 aromatic heterocycles. The molecule has 0 aliphatic carbocycles. The third-order valence-electron chi connectivity index (χ3n) is 0. The molecule has 5 heavy (non-hydrogen) atoms. The van der Waals surface area contributed by atoms with Crippen molar-refractivity contribution in [3.8, 4) is 0 Å². The Hall–Kier alpha value is 0.709. The van der Waals surface area contributed by atoms with Crippen molar-refractivity contribution in [2.24, 2.45) is 0 Å². The summed E-state index contributed by atoms with van der Waals surface area (Å²) in [5.74, 6) is 0. The Balaban J connectivity index is 0. The molecule has 0 bridgehead atoms. The maximum absolute atomic E-state index is 9.19. The molecule has 0 aromatic rings. The van der Waals surface area contributed by atoms with Crippen molar-refractivity contribution in [3.63, 3.8) is 0 Å². The van der Waals surface area contributed by atoms with Crippen LogP contribution in [0.2, 0.25) is 0 Å². The minimum absolute atomic E-state index is 0. The van der Waals surface area contributed by atoms with E-state index in [1.807, 2.05) is 0 Å². The van der Waals surface area contributed by atoms with Gasteiger partial charge in [-0.25, -0.2) is 0 Å². The molecule has 37 valence electrons. The third kappa shape index (κ3) is 68.7. The van der Waals surface area contributed by atoms with Gasteiger partial charge in [0.2, 0.25) is 0 Å². The molecular weight excluding hydrogens is 139 g/mol. The van der Waals surface area contributed by atoms with E-state index in [9.17, 15) is 4.57 Å². The second-order valence-corrected chi connectivity index (χ2v) is 1.56. The van der Waals surface area contributed by atoms with E-state index in [1.54, 1.807) is 0 Å². The number of hydrogen-bond acceptors (Lipinski definition) is 1. The molecule has 4 heteroatoms. The van der Waals surface area contributed by atoms with Gasteiger partial charge < -0.3 is 4.89 Å². The van der Waals surface area contributed by atoms with Gasteiger partial charge in [0.25, 0.3) is 0 Å². The first-order valence-corrected chi connectivity index (χ1v) is 2.78. The summed E-state index contributed by atoms with van der Waals surface area (Å²) in [6.45, 7) is 1.27. The summed E-state index contributed by atoms with van der Waals surface area (Å²) < 4.78 is 9.19. The van der Waals surface area contributed by atoms with Crippen LogP contribution in [0.4, 0.5) is 0 Å². The first-order chi connectivity index (χ1) is 1.73. The van der Waals surface area contributed by atoms with Crippen molar-refractivity contribution >= 4 is 8.03 Å². The van der Waals surface area contributed by atoms with Gasteiger partial charge in [0.05, 0.1) is 0 Å². The molecule has 0 rings (SSSR count). The van der Waals surface area contributed by atoms with Crippen LogP contribution in [-0.4, -0.2) is 11.6 Å². The molecule has 0 saturated heterocycles. The van der Waals surface area contributed by atoms with Crippen LogP contribution in [-0.2, 0) is 21.6 Å². The smallest absolute Gasteiger partial charge is 0.186 e. The van der Waals surface area contributed by atoms with Crippen LogP contribution in [0.25, 0.3) is 0 Å². The average molecular weight is 144 g/mol. The van der Waals surface area contributed by atoms with E-state index >= 15 is 0 Å². The van der Waals surface area contributed by atoms with E-state index < -0.39 is 8.03 Å². The number of hydrogen-bond donors (Lipinski definition) is 1. The SMILES string of the molecule is C[PH](=O)O.[Cu]. The summed E-state index contributed by atoms with van der Waals surface area (Å²) in [7, 11) is -2.13. The molecule has 0 amide bonds. The van der Waals surface area contributed by atoms with Crippen molar-refractivity contribution in [1.82, 2.24) is 0 Å². The van der Waals surface area contributed by atoms with Crippen molar-refractivity contribution in [1.29, 1.82) is 0 Å². The fraction of sp³-hybridized carbons (Fsp3) is 1.00. The molecule has 0 aromatic carbocycles. The van der Waals surface area contributed by atoms with Gasteiger partial charge in [-0.3, -0.25) is 4.57 Å². The van der Waals surface area contributed by atoms with Crippen LogP contribution < -0.4 is 0 Å². The van der Waals surface area contributed by atoms with Crippen LogP contribution in [0, 0.1) is 0 Å². The van der Waals surface area contributed by atoms with Crippen molar-refractivity contribution in [3.05, 3.63) is 0 Å². The predicted octanol–water partition coefficient (Wildman–Crippen LogP) is 0.0807. The van der Waals surface area contributed by atoms with Crippen LogP contribution >= 0.6 is 8.03 Å². The maximum atomic E-state index is 9.19. The molecular formula is CH5CuO2P. The Morgan fingerprint density at radius 2 is 1.80 bits per heavy atom. The zero-order valence-corrected chi connectivity index (χ0v) is 4.60. The fourth-order valence-corrected chi connectivity index (χ4v) is 0. The van der Waals surface area contributed by atoms with Gasteiger partial charge in [-0.05, 0) is 0 Å². The predicted molar refractivity (Wildman–Crippen MR) is 17.1 cm³/mol. The minimum atomic E-state index is -2.13. The summed E-state index contributed by atoms with van der Waals surface area (Å²) in [4.78, 5) is 7.60. The normalized spacial score (nSPS) is 12.4. The van der Waals surface area contributed by atoms with E-state index in [0.29, 0.717) is 0 Å². The van der Waals surface area contributed by atoms with Gasteiger partial charge in [-0.2, -0.15) is 0 Å². The van der Waals surface area contributed by atoms with E-state index in [0.717, 1.165) is 0 Å². The summed E-state index contributed by atoms with van der Waals surface area (Å²) in [5, 5.41) is 0. The molecule has 0 heterocycles. The van der Waals surface area contributed by atoms with Gasteiger partial charge >= 0.3 is 0 Å². The first-order valence-electron chi connectivity index (χ1n) is 0.928. The summed E-state index contributed by atoms with van der Waals surface area (Å²) >= 11 is 0. The molecule has 0 aliphatic heterocycles. The third-order valence-corrected chi connectivity index (χ3v) is 0. The Morgan fingerprint density at radius 1 is 1.80 bits per heavy atom. The molecule has 1 unspecified atom stereocenters. The zero-order valence-electron chi connectivity index (χ0n) is 2.66. The first kappa shape index (κ1) is 9.20. The molecule has 0 fully saturated rings. The van der Waals surface area contributed by atoms with Crippen LogP contribution in [0.15, 0.2) is 0 Å². The molecule has 1 N–H and O–H groups in total. The molecule has 2 nitrogen and oxygen atoms in total. The standard InChI is InChI=1S/CH5O2P.Cu/c1-4(2)3;/h4H,1H3,(H,2,3);. The van der Waals surface area contributed by atoms with Gasteiger partial charge in [0.15, 0.2) is 8.03 Å². The Labute approximate surface area is 41.9 Å². The molecule has 0 saturated carbocycles. The largest absolute Gasteiger partial charge is 0.346 e. The zero-order chi connectivity index (χ0) is 3.58. The molecule has 1 radical (unpaired) electrons. The van der Waals surface area contributed by atoms with Gasteiger partial charge in [-0.15, -0.1) is 0 Å². The van der Waals surface area contributed by atoms with E-state index in [1.165, 1.54) is 6.66 Å². The van der Waals surface area contributed by atoms with Gasteiger partial charge in [0.1, 0.15) is 0 Å². The fourth-order valence-electron chi connectivity index (χ4n) is 0. The van der Waals surface area contributed by atoms with Gasteiger partial charge in [-0.1, -0.05) is 0 Å². The van der Waals surface area contributed by atoms with E-state index in [-0.39, 0.29) is 17.1 Å². The Bertz CT molecular complexity index is 32.6. The summed E-state index contributed by atoms with van der Waals surface area (Å²) in [5.41, 5.74) is 0. The van der Waals surface area contributed by atoms with Crippen LogP contribution in [0.3, 0.4) is 0 Å². The summed E-state index contributed by atoms with van der Waals surface area (Å²) in [6, 6.07) is 0. The van der Waals surface area contributed by atoms with Crippen molar-refractivity contribution in [2.75, 3.05) is 6.66 Å². The van der Waals surface area contributed by atoms with Crippen molar-refractivity contribution < 1.29 is 26.5 Å². The molecule has 1 atom stereocenters. The minimum Gasteiger partial charge on any atom is -0.346 e. The Kier molecular flexibility index (Phi) is 8.67. The van der Waals surface area contributed by atoms with Crippen LogP contribution in [0.1, 0.15) is 0 Å². The van der Waals surface area contributed by atoms with Crippen molar-refractivity contribution in [2.45, 2.75) is 0 Å². The second-order valence-electron chi connectivity index (χ2n) is 0.519.